The van der Waals surface area contributed by atoms with Crippen molar-refractivity contribution < 1.29 is 0 Å². The van der Waals surface area contributed by atoms with Crippen molar-refractivity contribution in [1.82, 2.24) is 4.90 Å². The molecular weight excluding hydrogens is 392 g/mol. The number of halogens is 2. The van der Waals surface area contributed by atoms with Gasteiger partial charge in [-0.15, -0.1) is 0 Å². The van der Waals surface area contributed by atoms with E-state index in [1.807, 2.05) is 0 Å². The molecule has 108 valence electrons. The summed E-state index contributed by atoms with van der Waals surface area (Å²) >= 11 is 7.29. The Bertz CT molecular complexity index is 699. The second-order valence-corrected chi connectivity index (χ2v) is 7.51. The highest BCUT2D eigenvalue weighted by Gasteiger charge is 2.30. The van der Waals surface area contributed by atoms with Crippen molar-refractivity contribution >= 4 is 37.5 Å². The van der Waals surface area contributed by atoms with Crippen molar-refractivity contribution in [3.8, 4) is 0 Å². The molecule has 1 unspecified atom stereocenters. The first-order valence-electron chi connectivity index (χ1n) is 7.29. The second kappa shape index (κ2) is 5.41. The van der Waals surface area contributed by atoms with Crippen LogP contribution in [0.2, 0.25) is 0 Å². The highest BCUT2D eigenvalue weighted by atomic mass is 79.9. The van der Waals surface area contributed by atoms with Gasteiger partial charge in [-0.1, -0.05) is 40.2 Å². The number of fused-ring (bicyclic) bond motifs is 4. The maximum Gasteiger partial charge on any atom is 0.106 e. The van der Waals surface area contributed by atoms with Crippen LogP contribution in [0.15, 0.2) is 45.3 Å². The third kappa shape index (κ3) is 2.43. The van der Waals surface area contributed by atoms with Crippen molar-refractivity contribution in [3.05, 3.63) is 62.0 Å². The van der Waals surface area contributed by atoms with Crippen LogP contribution < -0.4 is 5.32 Å². The summed E-state index contributed by atoms with van der Waals surface area (Å²) in [5, 5.41) is 3.75. The quantitative estimate of drug-likeness (QED) is 0.654. The molecule has 2 nitrogen and oxygen atoms in total. The fraction of sp³-hybridized carbons (Fsp3) is 0.294. The Balaban J connectivity index is 1.81. The lowest BCUT2D eigenvalue weighted by molar-refractivity contribution is 0.203. The van der Waals surface area contributed by atoms with E-state index in [0.717, 1.165) is 22.0 Å². The van der Waals surface area contributed by atoms with Crippen molar-refractivity contribution in [1.29, 1.82) is 0 Å². The molecule has 0 radical (unpaired) electrons. The third-order valence-corrected chi connectivity index (χ3v) is 5.48. The second-order valence-electron chi connectivity index (χ2n) is 5.74. The predicted octanol–water partition coefficient (Wildman–Crippen LogP) is 5.08. The van der Waals surface area contributed by atoms with Crippen molar-refractivity contribution in [3.63, 3.8) is 0 Å². The summed E-state index contributed by atoms with van der Waals surface area (Å²) in [5.74, 6) is 0. The number of nitrogens with zero attached hydrogens (tertiary/aromatic N) is 1. The number of rotatable bonds is 0. The summed E-state index contributed by atoms with van der Waals surface area (Å²) in [5.41, 5.74) is 5.49. The van der Waals surface area contributed by atoms with Crippen molar-refractivity contribution in [2.75, 3.05) is 11.9 Å². The molecule has 0 aromatic heterocycles. The first-order valence-corrected chi connectivity index (χ1v) is 8.87. The molecule has 4 heteroatoms. The van der Waals surface area contributed by atoms with Gasteiger partial charge in [0.1, 0.15) is 6.17 Å². The average Bonchev–Trinajstić information content (AvgIpc) is 2.64. The highest BCUT2D eigenvalue weighted by Crippen LogP contribution is 2.41. The van der Waals surface area contributed by atoms with Crippen LogP contribution in [0.3, 0.4) is 0 Å². The predicted molar refractivity (Wildman–Crippen MR) is 93.4 cm³/mol. The number of hydrogen-bond donors (Lipinski definition) is 1. The first kappa shape index (κ1) is 13.8. The van der Waals surface area contributed by atoms with Gasteiger partial charge in [0.25, 0.3) is 0 Å². The number of anilines is 1. The normalized spacial score (nSPS) is 20.8. The number of aryl methyl sites for hydroxylation is 1. The van der Waals surface area contributed by atoms with E-state index in [-0.39, 0.29) is 6.17 Å². The Hall–Kier alpha value is -0.840. The van der Waals surface area contributed by atoms with Crippen LogP contribution in [-0.4, -0.2) is 11.4 Å². The molecule has 0 amide bonds. The minimum absolute atomic E-state index is 0.286. The van der Waals surface area contributed by atoms with Gasteiger partial charge in [0.05, 0.1) is 5.69 Å². The first-order chi connectivity index (χ1) is 10.2. The standard InChI is InChI=1S/C17H16Br2N2/c18-13-8-12-10-21-7-3-5-11-4-1-2-6-14(11)17(21)20-16(12)15(19)9-13/h1-2,4,6,8-9,17,20H,3,5,7,10H2. The lowest BCUT2D eigenvalue weighted by atomic mass is 10.0. The van der Waals surface area contributed by atoms with Crippen LogP contribution in [0, 0.1) is 0 Å². The van der Waals surface area contributed by atoms with E-state index in [1.54, 1.807) is 0 Å². The zero-order valence-corrected chi connectivity index (χ0v) is 14.7. The molecule has 0 aliphatic carbocycles. The van der Waals surface area contributed by atoms with E-state index < -0.39 is 0 Å². The van der Waals surface area contributed by atoms with Crippen molar-refractivity contribution in [2.45, 2.75) is 25.6 Å². The van der Waals surface area contributed by atoms with Gasteiger partial charge < -0.3 is 5.32 Å². The summed E-state index contributed by atoms with van der Waals surface area (Å²) in [6, 6.07) is 13.2. The maximum atomic E-state index is 3.75. The van der Waals surface area contributed by atoms with E-state index in [4.69, 9.17) is 0 Å². The number of benzene rings is 2. The van der Waals surface area contributed by atoms with E-state index in [2.05, 4.69) is 78.5 Å². The van der Waals surface area contributed by atoms with Gasteiger partial charge in [-0.05, 0) is 57.6 Å². The molecule has 1 atom stereocenters. The molecule has 0 saturated heterocycles. The van der Waals surface area contributed by atoms with Gasteiger partial charge >= 0.3 is 0 Å². The number of nitrogens with one attached hydrogen (secondary N) is 1. The van der Waals surface area contributed by atoms with E-state index in [0.29, 0.717) is 0 Å². The van der Waals surface area contributed by atoms with E-state index in [1.165, 1.54) is 35.2 Å². The molecule has 4 rings (SSSR count). The van der Waals surface area contributed by atoms with Crippen molar-refractivity contribution in [2.24, 2.45) is 0 Å². The van der Waals surface area contributed by atoms with Gasteiger partial charge in [0.15, 0.2) is 0 Å². The molecule has 0 spiro atoms. The molecule has 2 aliphatic rings. The van der Waals surface area contributed by atoms with Crippen LogP contribution in [0.1, 0.15) is 29.3 Å². The van der Waals surface area contributed by atoms with Gasteiger partial charge in [-0.2, -0.15) is 0 Å². The fourth-order valence-electron chi connectivity index (χ4n) is 3.44. The van der Waals surface area contributed by atoms with Gasteiger partial charge in [-0.25, -0.2) is 0 Å². The minimum atomic E-state index is 0.286. The fourth-order valence-corrected chi connectivity index (χ4v) is 4.86. The average molecular weight is 408 g/mol. The van der Waals surface area contributed by atoms with E-state index >= 15 is 0 Å². The van der Waals surface area contributed by atoms with Crippen LogP contribution in [-0.2, 0) is 13.0 Å². The zero-order chi connectivity index (χ0) is 14.4. The Morgan fingerprint density at radius 1 is 1.10 bits per heavy atom. The largest absolute Gasteiger partial charge is 0.365 e. The molecule has 21 heavy (non-hydrogen) atoms. The van der Waals surface area contributed by atoms with Crippen LogP contribution in [0.4, 0.5) is 5.69 Å². The molecule has 2 heterocycles. The summed E-state index contributed by atoms with van der Waals surface area (Å²) < 4.78 is 2.26. The molecule has 0 bridgehead atoms. The maximum absolute atomic E-state index is 3.75. The molecule has 2 aliphatic heterocycles. The lowest BCUT2D eigenvalue weighted by Gasteiger charge is -2.38. The topological polar surface area (TPSA) is 15.3 Å². The Labute approximate surface area is 141 Å². The Kier molecular flexibility index (Phi) is 3.56. The summed E-state index contributed by atoms with van der Waals surface area (Å²) in [6.07, 6.45) is 2.68. The molecule has 2 aromatic rings. The summed E-state index contributed by atoms with van der Waals surface area (Å²) in [6.45, 7) is 2.13. The summed E-state index contributed by atoms with van der Waals surface area (Å²) in [4.78, 5) is 2.55. The third-order valence-electron chi connectivity index (χ3n) is 4.40. The Morgan fingerprint density at radius 3 is 2.86 bits per heavy atom. The van der Waals surface area contributed by atoms with Crippen LogP contribution in [0.25, 0.3) is 0 Å². The van der Waals surface area contributed by atoms with Gasteiger partial charge in [-0.3, -0.25) is 4.90 Å². The molecule has 1 N–H and O–H groups in total. The van der Waals surface area contributed by atoms with Gasteiger partial charge in [0, 0.05) is 22.0 Å². The highest BCUT2D eigenvalue weighted by molar-refractivity contribution is 9.11. The van der Waals surface area contributed by atoms with E-state index in [9.17, 15) is 0 Å². The minimum Gasteiger partial charge on any atom is -0.365 e. The summed E-state index contributed by atoms with van der Waals surface area (Å²) in [7, 11) is 0. The van der Waals surface area contributed by atoms with Gasteiger partial charge in [0.2, 0.25) is 0 Å². The number of hydrogen-bond acceptors (Lipinski definition) is 2. The molecule has 0 fully saturated rings. The lowest BCUT2D eigenvalue weighted by Crippen LogP contribution is -2.37. The molecule has 2 aromatic carbocycles. The SMILES string of the molecule is Brc1cc(Br)c2c(c1)CN1CCCc3ccccc3C1N2. The van der Waals surface area contributed by atoms with Crippen LogP contribution in [0.5, 0.6) is 0 Å². The zero-order valence-electron chi connectivity index (χ0n) is 11.6. The Morgan fingerprint density at radius 2 is 1.95 bits per heavy atom. The molecule has 0 saturated carbocycles. The smallest absolute Gasteiger partial charge is 0.106 e. The molecular formula is C17H16Br2N2. The monoisotopic (exact) mass is 406 g/mol. The van der Waals surface area contributed by atoms with Crippen LogP contribution >= 0.6 is 31.9 Å².